The van der Waals surface area contributed by atoms with Gasteiger partial charge in [0.1, 0.15) is 5.82 Å². The number of benzene rings is 2. The molecule has 7 rings (SSSR count). The number of nitrogens with zero attached hydrogens (tertiary/aromatic N) is 7. The first-order chi connectivity index (χ1) is 22.2. The molecule has 0 bridgehead atoms. The van der Waals surface area contributed by atoms with Gasteiger partial charge in [0, 0.05) is 55.4 Å². The average molecular weight is 624 g/mol. The van der Waals surface area contributed by atoms with E-state index in [1.807, 2.05) is 4.57 Å². The number of aromatic nitrogens is 2. The van der Waals surface area contributed by atoms with Crippen LogP contribution in [-0.4, -0.2) is 77.1 Å². The van der Waals surface area contributed by atoms with Crippen LogP contribution in [0.4, 0.5) is 15.9 Å². The standard InChI is InChI=1S/C36H42FN7O2/c1-24-8-4-9-26-10-5-12-30(31(24)26)44-19-14-29-32(36(44)15-7-16-36)43(23-27-11-6-18-40(27)3)35(46)39-33(29)41-20-21-42(34(45)25(2)37)28(22-41)13-17-38/h4-5,8-10,12,27-28H,2,6-7,11,13-16,18-23H2,1,3H3/t27-,28-/m0/s1. The second-order valence-electron chi connectivity index (χ2n) is 13.5. The molecule has 1 aromatic heterocycles. The topological polar surface area (TPSA) is 88.7 Å². The highest BCUT2D eigenvalue weighted by Crippen LogP contribution is 2.53. The van der Waals surface area contributed by atoms with E-state index in [9.17, 15) is 19.2 Å². The van der Waals surface area contributed by atoms with Gasteiger partial charge in [-0.25, -0.2) is 9.18 Å². The van der Waals surface area contributed by atoms with Crippen LogP contribution in [0.3, 0.4) is 0 Å². The Balaban J connectivity index is 1.37. The SMILES string of the molecule is C=C(F)C(=O)N1CCN(c2nc(=O)n(C[C@@H]3CCCN3C)c3c2CCN(c2cccc4cccc(C)c24)C32CCC2)C[C@@H]1CC#N. The van der Waals surface area contributed by atoms with E-state index >= 15 is 0 Å². The molecule has 3 aliphatic heterocycles. The number of amides is 1. The molecule has 2 saturated heterocycles. The third-order valence-corrected chi connectivity index (χ3v) is 11.0. The van der Waals surface area contributed by atoms with Crippen molar-refractivity contribution in [1.29, 1.82) is 5.26 Å². The Morgan fingerprint density at radius 3 is 2.57 bits per heavy atom. The highest BCUT2D eigenvalue weighted by Gasteiger charge is 2.51. The van der Waals surface area contributed by atoms with Gasteiger partial charge in [0.05, 0.1) is 29.8 Å². The molecule has 2 aromatic carbocycles. The van der Waals surface area contributed by atoms with Crippen molar-refractivity contribution in [3.63, 3.8) is 0 Å². The fraction of sp³-hybridized carbons (Fsp3) is 0.500. The van der Waals surface area contributed by atoms with Crippen molar-refractivity contribution in [2.24, 2.45) is 0 Å². The fourth-order valence-electron chi connectivity index (χ4n) is 8.61. The summed E-state index contributed by atoms with van der Waals surface area (Å²) in [5, 5.41) is 12.1. The molecule has 1 saturated carbocycles. The van der Waals surface area contributed by atoms with E-state index in [1.54, 1.807) is 0 Å². The summed E-state index contributed by atoms with van der Waals surface area (Å²) >= 11 is 0. The summed E-state index contributed by atoms with van der Waals surface area (Å²) in [5.41, 5.74) is 4.04. The summed E-state index contributed by atoms with van der Waals surface area (Å²) in [7, 11) is 2.14. The minimum Gasteiger partial charge on any atom is -0.359 e. The number of anilines is 2. The lowest BCUT2D eigenvalue weighted by Crippen LogP contribution is -2.60. The van der Waals surface area contributed by atoms with Gasteiger partial charge in [-0.05, 0) is 76.1 Å². The smallest absolute Gasteiger partial charge is 0.349 e. The summed E-state index contributed by atoms with van der Waals surface area (Å²) < 4.78 is 15.9. The van der Waals surface area contributed by atoms with Crippen LogP contribution in [0.1, 0.15) is 55.3 Å². The molecule has 0 unspecified atom stereocenters. The van der Waals surface area contributed by atoms with Gasteiger partial charge < -0.3 is 19.6 Å². The zero-order valence-electron chi connectivity index (χ0n) is 26.8. The van der Waals surface area contributed by atoms with Gasteiger partial charge in [-0.1, -0.05) is 36.9 Å². The average Bonchev–Trinajstić information content (AvgIpc) is 3.44. The Morgan fingerprint density at radius 1 is 1.11 bits per heavy atom. The first-order valence-corrected chi connectivity index (χ1v) is 16.6. The van der Waals surface area contributed by atoms with E-state index in [4.69, 9.17) is 4.98 Å². The van der Waals surface area contributed by atoms with Gasteiger partial charge in [0.15, 0.2) is 5.83 Å². The molecule has 2 atom stereocenters. The first kappa shape index (κ1) is 30.4. The molecule has 9 nitrogen and oxygen atoms in total. The number of likely N-dealkylation sites (N-methyl/N-ethyl adjacent to an activating group) is 1. The van der Waals surface area contributed by atoms with Crippen LogP contribution in [0.25, 0.3) is 10.8 Å². The second-order valence-corrected chi connectivity index (χ2v) is 13.5. The molecule has 240 valence electrons. The van der Waals surface area contributed by atoms with Crippen LogP contribution in [0.2, 0.25) is 0 Å². The van der Waals surface area contributed by atoms with Gasteiger partial charge in [-0.3, -0.25) is 9.36 Å². The third kappa shape index (κ3) is 4.87. The summed E-state index contributed by atoms with van der Waals surface area (Å²) in [6.45, 7) is 8.72. The number of aryl methyl sites for hydroxylation is 1. The lowest BCUT2D eigenvalue weighted by Gasteiger charge is -2.56. The van der Waals surface area contributed by atoms with Crippen LogP contribution in [0.5, 0.6) is 0 Å². The second kappa shape index (κ2) is 11.8. The molecular formula is C36H42FN7O2. The van der Waals surface area contributed by atoms with Crippen molar-refractivity contribution in [2.45, 2.75) is 76.0 Å². The molecule has 4 heterocycles. The molecule has 46 heavy (non-hydrogen) atoms. The highest BCUT2D eigenvalue weighted by molar-refractivity contribution is 5.97. The minimum absolute atomic E-state index is 0.0565. The molecule has 4 aliphatic rings. The Bertz CT molecular complexity index is 1800. The largest absolute Gasteiger partial charge is 0.359 e. The van der Waals surface area contributed by atoms with Crippen LogP contribution in [0.15, 0.2) is 53.6 Å². The van der Waals surface area contributed by atoms with E-state index in [-0.39, 0.29) is 30.2 Å². The van der Waals surface area contributed by atoms with E-state index in [0.717, 1.165) is 56.5 Å². The summed E-state index contributed by atoms with van der Waals surface area (Å²) in [6.07, 6.45) is 5.90. The van der Waals surface area contributed by atoms with E-state index < -0.39 is 17.8 Å². The Labute approximate surface area is 269 Å². The maximum Gasteiger partial charge on any atom is 0.349 e. The Kier molecular flexibility index (Phi) is 7.84. The monoisotopic (exact) mass is 623 g/mol. The van der Waals surface area contributed by atoms with Crippen molar-refractivity contribution in [2.75, 3.05) is 49.6 Å². The lowest BCUT2D eigenvalue weighted by molar-refractivity contribution is -0.131. The molecule has 1 spiro atoms. The van der Waals surface area contributed by atoms with Crippen LogP contribution in [-0.2, 0) is 23.3 Å². The summed E-state index contributed by atoms with van der Waals surface area (Å²) in [6, 6.07) is 14.9. The molecule has 10 heteroatoms. The minimum atomic E-state index is -1.03. The van der Waals surface area contributed by atoms with Gasteiger partial charge in [0.25, 0.3) is 5.91 Å². The normalized spacial score (nSPS) is 22.5. The van der Waals surface area contributed by atoms with Crippen molar-refractivity contribution in [3.05, 3.63) is 76.1 Å². The molecule has 3 fully saturated rings. The van der Waals surface area contributed by atoms with Crippen LogP contribution >= 0.6 is 0 Å². The number of rotatable bonds is 6. The zero-order chi connectivity index (χ0) is 32.2. The van der Waals surface area contributed by atoms with Crippen molar-refractivity contribution < 1.29 is 9.18 Å². The number of nitriles is 1. The predicted molar refractivity (Wildman–Crippen MR) is 178 cm³/mol. The summed E-state index contributed by atoms with van der Waals surface area (Å²) in [5.74, 6) is -1.15. The number of piperazine rings is 1. The molecule has 1 amide bonds. The lowest BCUT2D eigenvalue weighted by atomic mass is 9.68. The number of fused-ring (bicyclic) bond motifs is 3. The Hall–Kier alpha value is -4.23. The molecule has 0 radical (unpaired) electrons. The molecule has 1 aliphatic carbocycles. The summed E-state index contributed by atoms with van der Waals surface area (Å²) in [4.78, 5) is 40.1. The molecule has 0 N–H and O–H groups in total. The number of halogens is 1. The first-order valence-electron chi connectivity index (χ1n) is 16.6. The van der Waals surface area contributed by atoms with E-state index in [1.165, 1.54) is 26.9 Å². The van der Waals surface area contributed by atoms with E-state index in [2.05, 4.69) is 77.7 Å². The van der Waals surface area contributed by atoms with Gasteiger partial charge in [-0.15, -0.1) is 0 Å². The van der Waals surface area contributed by atoms with Crippen molar-refractivity contribution >= 4 is 28.2 Å². The number of hydrogen-bond donors (Lipinski definition) is 0. The number of likely N-dealkylation sites (tertiary alicyclic amines) is 1. The zero-order valence-corrected chi connectivity index (χ0v) is 26.8. The van der Waals surface area contributed by atoms with Crippen molar-refractivity contribution in [1.82, 2.24) is 19.4 Å². The quantitative estimate of drug-likeness (QED) is 0.370. The molecule has 3 aromatic rings. The third-order valence-electron chi connectivity index (χ3n) is 11.0. The highest BCUT2D eigenvalue weighted by atomic mass is 19.1. The van der Waals surface area contributed by atoms with Crippen molar-refractivity contribution in [3.8, 4) is 6.07 Å². The number of carbonyl (C=O) groups excluding carboxylic acids is 1. The van der Waals surface area contributed by atoms with E-state index in [0.29, 0.717) is 31.9 Å². The molecular weight excluding hydrogens is 581 g/mol. The van der Waals surface area contributed by atoms with Gasteiger partial charge >= 0.3 is 5.69 Å². The van der Waals surface area contributed by atoms with Crippen LogP contribution < -0.4 is 15.5 Å². The van der Waals surface area contributed by atoms with Gasteiger partial charge in [-0.2, -0.15) is 10.2 Å². The maximum atomic E-state index is 14.3. The number of hydrogen-bond acceptors (Lipinski definition) is 7. The van der Waals surface area contributed by atoms with Crippen LogP contribution in [0, 0.1) is 18.3 Å². The number of carbonyl (C=O) groups is 1. The predicted octanol–water partition coefficient (Wildman–Crippen LogP) is 4.66. The maximum absolute atomic E-state index is 14.3. The fourth-order valence-corrected chi connectivity index (χ4v) is 8.61. The van der Waals surface area contributed by atoms with Gasteiger partial charge in [0.2, 0.25) is 0 Å². The Morgan fingerprint density at radius 2 is 1.89 bits per heavy atom.